The predicted octanol–water partition coefficient (Wildman–Crippen LogP) is 3.00. The molecule has 6 N–H and O–H groups in total. The second-order valence-corrected chi connectivity index (χ2v) is 8.43. The van der Waals surface area contributed by atoms with Gasteiger partial charge in [0.1, 0.15) is 23.5 Å². The van der Waals surface area contributed by atoms with Gasteiger partial charge in [-0.2, -0.15) is 0 Å². The van der Waals surface area contributed by atoms with Gasteiger partial charge in [-0.15, -0.1) is 0 Å². The van der Waals surface area contributed by atoms with Gasteiger partial charge in [0.15, 0.2) is 0 Å². The molecule has 2 aromatic rings. The number of amides is 1. The molecule has 0 aliphatic carbocycles. The highest BCUT2D eigenvalue weighted by Crippen LogP contribution is 2.20. The van der Waals surface area contributed by atoms with E-state index in [4.69, 9.17) is 15.9 Å². The maximum Gasteiger partial charge on any atom is 0.326 e. The van der Waals surface area contributed by atoms with E-state index < -0.39 is 29.6 Å². The first-order chi connectivity index (χ1) is 16.5. The van der Waals surface area contributed by atoms with Crippen molar-refractivity contribution in [3.05, 3.63) is 59.3 Å². The molecule has 1 aromatic carbocycles. The van der Waals surface area contributed by atoms with Gasteiger partial charge in [-0.1, -0.05) is 26.3 Å². The van der Waals surface area contributed by atoms with Crippen molar-refractivity contribution in [2.75, 3.05) is 18.9 Å². The van der Waals surface area contributed by atoms with Crippen LogP contribution >= 0.6 is 0 Å². The maximum absolute atomic E-state index is 12.9. The van der Waals surface area contributed by atoms with Gasteiger partial charge < -0.3 is 26.6 Å². The summed E-state index contributed by atoms with van der Waals surface area (Å²) in [7, 11) is 0. The van der Waals surface area contributed by atoms with E-state index in [9.17, 15) is 18.4 Å². The minimum absolute atomic E-state index is 0.163. The lowest BCUT2D eigenvalue weighted by molar-refractivity contribution is -0.141. The monoisotopic (exact) mass is 494 g/mol. The molecule has 0 radical (unpaired) electrons. The fourth-order valence-electron chi connectivity index (χ4n) is 3.46. The van der Waals surface area contributed by atoms with Crippen molar-refractivity contribution in [1.82, 2.24) is 15.6 Å². The van der Waals surface area contributed by atoms with Gasteiger partial charge in [0, 0.05) is 24.8 Å². The van der Waals surface area contributed by atoms with E-state index in [2.05, 4.69) is 29.5 Å². The number of aliphatic carboxylic acids is 1. The first-order valence-electron chi connectivity index (χ1n) is 11.6. The molecule has 2 rings (SSSR count). The van der Waals surface area contributed by atoms with Crippen molar-refractivity contribution >= 4 is 17.7 Å². The Hall–Kier alpha value is -3.11. The van der Waals surface area contributed by atoms with Crippen molar-refractivity contribution in [2.24, 2.45) is 0 Å². The highest BCUT2D eigenvalue weighted by Gasteiger charge is 2.19. The summed E-state index contributed by atoms with van der Waals surface area (Å²) in [5.74, 6) is -2.25. The van der Waals surface area contributed by atoms with Crippen LogP contribution < -0.4 is 16.4 Å². The topological polar surface area (TPSA) is 138 Å². The van der Waals surface area contributed by atoms with Gasteiger partial charge >= 0.3 is 5.97 Å². The molecule has 1 amide bonds. The molecule has 0 saturated heterocycles. The first-order valence-corrected chi connectivity index (χ1v) is 11.6. The number of hydrogen-bond donors (Lipinski definition) is 5. The number of pyridine rings is 1. The van der Waals surface area contributed by atoms with Gasteiger partial charge in [0.2, 0.25) is 5.91 Å². The molecule has 194 valence electrons. The number of aromatic nitrogens is 1. The van der Waals surface area contributed by atoms with Crippen molar-refractivity contribution in [3.63, 3.8) is 0 Å². The Morgan fingerprint density at radius 2 is 1.80 bits per heavy atom. The number of carboxylic acid groups (broad SMARTS) is 1. The fraction of sp³-hybridized carbons (Fsp3) is 0.480. The molecule has 1 heterocycles. The first kappa shape index (κ1) is 29.9. The summed E-state index contributed by atoms with van der Waals surface area (Å²) in [6, 6.07) is 6.05. The lowest BCUT2D eigenvalue weighted by atomic mass is 9.96. The molecule has 10 heteroatoms. The Labute approximate surface area is 205 Å². The number of anilines is 1. The van der Waals surface area contributed by atoms with E-state index in [-0.39, 0.29) is 18.6 Å². The third-order valence-corrected chi connectivity index (χ3v) is 5.19. The molecular formula is C25H36F2N4O4. The molecule has 0 spiro atoms. The Balaban J connectivity index is 0.000000355. The number of hydrogen-bond acceptors (Lipinski definition) is 6. The molecule has 0 bridgehead atoms. The number of carbonyl (C=O) groups is 2. The van der Waals surface area contributed by atoms with E-state index in [1.54, 1.807) is 6.92 Å². The maximum atomic E-state index is 12.9. The number of rotatable bonds is 12. The number of halogens is 2. The standard InChI is InChI=1S/C13H15F2NO3.C12H21N3O/c1-2-3-11(13(18)19)16-12(17)6-8-4-9(14)7-10(15)5-8;1-9(7-10(2)14-5-6-16)11-3-4-12(13)15-8-11/h4-5,7,11H,2-3,6H2,1H3,(H,16,17)(H,18,19);3-4,8-10,14,16H,5-7H2,1-2H3,(H2,13,15). The largest absolute Gasteiger partial charge is 0.480 e. The number of nitrogens with two attached hydrogens (primary N) is 1. The molecule has 3 unspecified atom stereocenters. The average molecular weight is 495 g/mol. The zero-order valence-electron chi connectivity index (χ0n) is 20.4. The highest BCUT2D eigenvalue weighted by atomic mass is 19.1. The lowest BCUT2D eigenvalue weighted by Crippen LogP contribution is -2.41. The van der Waals surface area contributed by atoms with Crippen molar-refractivity contribution in [3.8, 4) is 0 Å². The van der Waals surface area contributed by atoms with Crippen LogP contribution in [-0.2, 0) is 16.0 Å². The predicted molar refractivity (Wildman–Crippen MR) is 131 cm³/mol. The van der Waals surface area contributed by atoms with Crippen molar-refractivity contribution in [1.29, 1.82) is 0 Å². The number of carboxylic acids is 1. The Morgan fingerprint density at radius 3 is 2.31 bits per heavy atom. The van der Waals surface area contributed by atoms with E-state index in [0.29, 0.717) is 43.2 Å². The molecule has 0 aliphatic heterocycles. The number of aliphatic hydroxyl groups is 1. The Morgan fingerprint density at radius 1 is 1.14 bits per heavy atom. The molecule has 0 fully saturated rings. The van der Waals surface area contributed by atoms with Crippen LogP contribution in [0.5, 0.6) is 0 Å². The third-order valence-electron chi connectivity index (χ3n) is 5.19. The summed E-state index contributed by atoms with van der Waals surface area (Å²) < 4.78 is 25.8. The van der Waals surface area contributed by atoms with E-state index in [1.807, 2.05) is 18.3 Å². The zero-order valence-corrected chi connectivity index (χ0v) is 20.4. The van der Waals surface area contributed by atoms with Gasteiger partial charge in [0.05, 0.1) is 13.0 Å². The van der Waals surface area contributed by atoms with Crippen molar-refractivity contribution < 1.29 is 28.6 Å². The summed E-state index contributed by atoms with van der Waals surface area (Å²) in [5.41, 5.74) is 6.91. The second kappa shape index (κ2) is 15.7. The minimum Gasteiger partial charge on any atom is -0.480 e. The Bertz CT molecular complexity index is 908. The number of aliphatic hydroxyl groups excluding tert-OH is 1. The molecule has 35 heavy (non-hydrogen) atoms. The quantitative estimate of drug-likeness (QED) is 0.306. The lowest BCUT2D eigenvalue weighted by Gasteiger charge is -2.18. The molecule has 1 aromatic heterocycles. The summed E-state index contributed by atoms with van der Waals surface area (Å²) in [5, 5.41) is 23.2. The van der Waals surface area contributed by atoms with E-state index in [1.165, 1.54) is 5.56 Å². The number of nitrogens with one attached hydrogen (secondary N) is 2. The molecule has 8 nitrogen and oxygen atoms in total. The summed E-state index contributed by atoms with van der Waals surface area (Å²) in [6.45, 7) is 6.92. The molecule has 0 aliphatic rings. The minimum atomic E-state index is -1.12. The van der Waals surface area contributed by atoms with Gasteiger partial charge in [-0.25, -0.2) is 18.6 Å². The van der Waals surface area contributed by atoms with Crippen molar-refractivity contribution in [2.45, 2.75) is 64.5 Å². The van der Waals surface area contributed by atoms with E-state index >= 15 is 0 Å². The smallest absolute Gasteiger partial charge is 0.326 e. The number of nitrogen functional groups attached to an aromatic ring is 1. The van der Waals surface area contributed by atoms with Crippen LogP contribution in [-0.4, -0.2) is 52.3 Å². The van der Waals surface area contributed by atoms with Crippen LogP contribution in [0.15, 0.2) is 36.5 Å². The van der Waals surface area contributed by atoms with E-state index in [0.717, 1.165) is 18.6 Å². The third kappa shape index (κ3) is 12.2. The number of carbonyl (C=O) groups excluding carboxylic acids is 1. The SMILES string of the molecule is CC(CC(C)c1ccc(N)nc1)NCCO.CCCC(NC(=O)Cc1cc(F)cc(F)c1)C(=O)O. The normalized spacial score (nSPS) is 13.2. The van der Waals surface area contributed by atoms with Crippen LogP contribution in [0.25, 0.3) is 0 Å². The second-order valence-electron chi connectivity index (χ2n) is 8.43. The molecule has 0 saturated carbocycles. The highest BCUT2D eigenvalue weighted by molar-refractivity contribution is 5.84. The number of benzene rings is 1. The van der Waals surface area contributed by atoms with Crippen LogP contribution in [0.1, 0.15) is 57.1 Å². The average Bonchev–Trinajstić information content (AvgIpc) is 2.77. The van der Waals surface area contributed by atoms with Gasteiger partial charge in [-0.3, -0.25) is 4.79 Å². The Kier molecular flexibility index (Phi) is 13.4. The molecule has 3 atom stereocenters. The molecular weight excluding hydrogens is 458 g/mol. The zero-order chi connectivity index (χ0) is 26.4. The van der Waals surface area contributed by atoms with Crippen LogP contribution in [0, 0.1) is 11.6 Å². The van der Waals surface area contributed by atoms with Crippen LogP contribution in [0.2, 0.25) is 0 Å². The fourth-order valence-corrected chi connectivity index (χ4v) is 3.46. The van der Waals surface area contributed by atoms with Crippen LogP contribution in [0.3, 0.4) is 0 Å². The number of nitrogens with zero attached hydrogens (tertiary/aromatic N) is 1. The van der Waals surface area contributed by atoms with Crippen LogP contribution in [0.4, 0.5) is 14.6 Å². The summed E-state index contributed by atoms with van der Waals surface area (Å²) in [4.78, 5) is 26.5. The van der Waals surface area contributed by atoms with Gasteiger partial charge in [-0.05, 0) is 55.0 Å². The summed E-state index contributed by atoms with van der Waals surface area (Å²) >= 11 is 0. The summed E-state index contributed by atoms with van der Waals surface area (Å²) in [6.07, 6.45) is 3.50. The van der Waals surface area contributed by atoms with Gasteiger partial charge in [0.25, 0.3) is 0 Å².